The summed E-state index contributed by atoms with van der Waals surface area (Å²) in [6.45, 7) is 0. The second kappa shape index (κ2) is 5.62. The highest BCUT2D eigenvalue weighted by Crippen LogP contribution is 2.34. The number of H-pyrrole nitrogens is 1. The summed E-state index contributed by atoms with van der Waals surface area (Å²) < 4.78 is 6.67. The highest BCUT2D eigenvalue weighted by Gasteiger charge is 2.14. The Morgan fingerprint density at radius 2 is 2.16 bits per heavy atom. The Labute approximate surface area is 126 Å². The molecule has 0 radical (unpaired) electrons. The van der Waals surface area contributed by atoms with Crippen molar-refractivity contribution in [2.24, 2.45) is 0 Å². The third kappa shape index (κ3) is 2.90. The zero-order valence-electron chi connectivity index (χ0n) is 9.83. The molecule has 6 nitrogen and oxygen atoms in total. The van der Waals surface area contributed by atoms with E-state index in [0.29, 0.717) is 11.4 Å². The summed E-state index contributed by atoms with van der Waals surface area (Å²) in [5.74, 6) is 0.479. The number of nitrogens with zero attached hydrogens (tertiary/aromatic N) is 1. The number of hydrogen-bond acceptors (Lipinski definition) is 4. The van der Waals surface area contributed by atoms with Crippen molar-refractivity contribution in [3.05, 3.63) is 32.8 Å². The predicted molar refractivity (Wildman–Crippen MR) is 79.3 cm³/mol. The van der Waals surface area contributed by atoms with Crippen LogP contribution in [0.4, 0.5) is 11.5 Å². The number of methoxy groups -OCH3 is 1. The first-order chi connectivity index (χ1) is 9.02. The smallest absolute Gasteiger partial charge is 0.261 e. The van der Waals surface area contributed by atoms with Crippen molar-refractivity contribution in [2.45, 2.75) is 0 Å². The number of rotatable bonds is 3. The summed E-state index contributed by atoms with van der Waals surface area (Å²) >= 11 is 6.72. The number of nitrogen functional groups attached to an aromatic ring is 1. The number of halogens is 2. The number of carbonyl (C=O) groups is 1. The number of anilines is 2. The monoisotopic (exact) mass is 388 g/mol. The standard InChI is InChI=1S/C11H10Br2N4O2/c1-19-9-3-8(6(12)2-7(9)13)16-11(18)5-4-15-17-10(5)14/h2-4H,1H3,(H,16,18)(H3,14,15,17). The van der Waals surface area contributed by atoms with Gasteiger partial charge in [-0.2, -0.15) is 5.10 Å². The van der Waals surface area contributed by atoms with E-state index in [1.165, 1.54) is 6.20 Å². The lowest BCUT2D eigenvalue weighted by Gasteiger charge is -2.10. The lowest BCUT2D eigenvalue weighted by atomic mass is 10.2. The topological polar surface area (TPSA) is 93.0 Å². The third-order valence-corrected chi connectivity index (χ3v) is 3.68. The van der Waals surface area contributed by atoms with Crippen LogP contribution in [0.1, 0.15) is 10.4 Å². The fourth-order valence-corrected chi connectivity index (χ4v) is 2.70. The summed E-state index contributed by atoms with van der Waals surface area (Å²) in [4.78, 5) is 12.0. The summed E-state index contributed by atoms with van der Waals surface area (Å²) in [7, 11) is 1.55. The van der Waals surface area contributed by atoms with Crippen molar-refractivity contribution in [3.63, 3.8) is 0 Å². The van der Waals surface area contributed by atoms with E-state index < -0.39 is 0 Å². The number of aromatic nitrogens is 2. The minimum absolute atomic E-state index is 0.220. The van der Waals surface area contributed by atoms with E-state index in [-0.39, 0.29) is 17.3 Å². The maximum absolute atomic E-state index is 12.0. The third-order valence-electron chi connectivity index (χ3n) is 2.40. The average molecular weight is 390 g/mol. The van der Waals surface area contributed by atoms with Crippen LogP contribution in [0, 0.1) is 0 Å². The van der Waals surface area contributed by atoms with Crippen molar-refractivity contribution < 1.29 is 9.53 Å². The molecule has 0 aliphatic rings. The molecule has 0 spiro atoms. The Morgan fingerprint density at radius 1 is 1.42 bits per heavy atom. The Balaban J connectivity index is 2.29. The van der Waals surface area contributed by atoms with Crippen LogP contribution in [0.2, 0.25) is 0 Å². The number of ether oxygens (including phenoxy) is 1. The molecule has 1 aromatic carbocycles. The van der Waals surface area contributed by atoms with E-state index >= 15 is 0 Å². The Bertz CT molecular complexity index is 627. The normalized spacial score (nSPS) is 10.3. The molecule has 0 saturated carbocycles. The van der Waals surface area contributed by atoms with E-state index in [0.717, 1.165) is 8.95 Å². The van der Waals surface area contributed by atoms with E-state index in [1.54, 1.807) is 19.2 Å². The number of aromatic amines is 1. The molecule has 0 aliphatic carbocycles. The molecule has 100 valence electrons. The average Bonchev–Trinajstić information content (AvgIpc) is 2.79. The maximum Gasteiger partial charge on any atom is 0.261 e. The Morgan fingerprint density at radius 3 is 2.74 bits per heavy atom. The van der Waals surface area contributed by atoms with Crippen molar-refractivity contribution in [2.75, 3.05) is 18.2 Å². The fraction of sp³-hybridized carbons (Fsp3) is 0.0909. The lowest BCUT2D eigenvalue weighted by molar-refractivity contribution is 0.102. The molecule has 0 unspecified atom stereocenters. The van der Waals surface area contributed by atoms with Gasteiger partial charge in [-0.05, 0) is 37.9 Å². The molecule has 4 N–H and O–H groups in total. The van der Waals surface area contributed by atoms with Gasteiger partial charge in [0.05, 0.1) is 23.5 Å². The van der Waals surface area contributed by atoms with Crippen LogP contribution in [-0.2, 0) is 0 Å². The van der Waals surface area contributed by atoms with Crippen molar-refractivity contribution >= 4 is 49.3 Å². The molecular weight excluding hydrogens is 380 g/mol. The van der Waals surface area contributed by atoms with Gasteiger partial charge < -0.3 is 15.8 Å². The number of nitrogens with two attached hydrogens (primary N) is 1. The van der Waals surface area contributed by atoms with E-state index in [9.17, 15) is 4.79 Å². The lowest BCUT2D eigenvalue weighted by Crippen LogP contribution is -2.13. The SMILES string of the molecule is COc1cc(NC(=O)c2cn[nH]c2N)c(Br)cc1Br. The minimum atomic E-state index is -0.351. The summed E-state index contributed by atoms with van der Waals surface area (Å²) in [6, 6.07) is 3.48. The van der Waals surface area contributed by atoms with Crippen LogP contribution in [-0.4, -0.2) is 23.2 Å². The molecule has 0 bridgehead atoms. The van der Waals surface area contributed by atoms with E-state index in [4.69, 9.17) is 10.5 Å². The van der Waals surface area contributed by atoms with Crippen molar-refractivity contribution in [1.82, 2.24) is 10.2 Å². The first kappa shape index (κ1) is 13.9. The van der Waals surface area contributed by atoms with Crippen molar-refractivity contribution in [3.8, 4) is 5.75 Å². The molecule has 1 amide bonds. The minimum Gasteiger partial charge on any atom is -0.495 e. The quantitative estimate of drug-likeness (QED) is 0.752. The summed E-state index contributed by atoms with van der Waals surface area (Å²) in [6.07, 6.45) is 1.37. The number of amides is 1. The molecule has 8 heteroatoms. The Kier molecular flexibility index (Phi) is 4.11. The second-order valence-corrected chi connectivity index (χ2v) is 5.33. The van der Waals surface area contributed by atoms with E-state index in [1.807, 2.05) is 0 Å². The van der Waals surface area contributed by atoms with Gasteiger partial charge in [0.1, 0.15) is 17.1 Å². The Hall–Kier alpha value is -1.54. The van der Waals surface area contributed by atoms with E-state index in [2.05, 4.69) is 47.4 Å². The predicted octanol–water partition coefficient (Wildman–Crippen LogP) is 2.78. The van der Waals surface area contributed by atoms with Crippen molar-refractivity contribution in [1.29, 1.82) is 0 Å². The van der Waals surface area contributed by atoms with Crippen LogP contribution in [0.5, 0.6) is 5.75 Å². The largest absolute Gasteiger partial charge is 0.495 e. The van der Waals surface area contributed by atoms with Crippen LogP contribution in [0.25, 0.3) is 0 Å². The van der Waals surface area contributed by atoms with Gasteiger partial charge in [0.2, 0.25) is 0 Å². The highest BCUT2D eigenvalue weighted by molar-refractivity contribution is 9.11. The van der Waals surface area contributed by atoms with Crippen LogP contribution in [0.3, 0.4) is 0 Å². The molecule has 0 saturated heterocycles. The molecule has 0 aliphatic heterocycles. The number of hydrogen-bond donors (Lipinski definition) is 3. The van der Waals surface area contributed by atoms with Gasteiger partial charge in [0.25, 0.3) is 5.91 Å². The van der Waals surface area contributed by atoms with Gasteiger partial charge in [-0.1, -0.05) is 0 Å². The number of nitrogens with one attached hydrogen (secondary N) is 2. The molecule has 1 aromatic heterocycles. The zero-order valence-corrected chi connectivity index (χ0v) is 13.0. The van der Waals surface area contributed by atoms with Crippen LogP contribution >= 0.6 is 31.9 Å². The maximum atomic E-state index is 12.0. The van der Waals surface area contributed by atoms with Gasteiger partial charge in [0.15, 0.2) is 0 Å². The molecule has 1 heterocycles. The summed E-state index contributed by atoms with van der Waals surface area (Å²) in [5.41, 5.74) is 6.45. The fourth-order valence-electron chi connectivity index (χ4n) is 1.45. The van der Waals surface area contributed by atoms with Gasteiger partial charge in [-0.3, -0.25) is 9.89 Å². The van der Waals surface area contributed by atoms with Gasteiger partial charge >= 0.3 is 0 Å². The van der Waals surface area contributed by atoms with Crippen LogP contribution < -0.4 is 15.8 Å². The molecule has 19 heavy (non-hydrogen) atoms. The first-order valence-corrected chi connectivity index (χ1v) is 6.74. The number of benzene rings is 1. The second-order valence-electron chi connectivity index (χ2n) is 3.62. The molecular formula is C11H10Br2N4O2. The zero-order chi connectivity index (χ0) is 14.0. The number of carbonyl (C=O) groups excluding carboxylic acids is 1. The molecule has 0 fully saturated rings. The molecule has 0 atom stereocenters. The van der Waals surface area contributed by atoms with Gasteiger partial charge in [0, 0.05) is 10.5 Å². The van der Waals surface area contributed by atoms with Gasteiger partial charge in [-0.25, -0.2) is 0 Å². The molecule has 2 rings (SSSR count). The molecule has 2 aromatic rings. The first-order valence-electron chi connectivity index (χ1n) is 5.16. The van der Waals surface area contributed by atoms with Gasteiger partial charge in [-0.15, -0.1) is 0 Å². The summed E-state index contributed by atoms with van der Waals surface area (Å²) in [5, 5.41) is 8.93. The highest BCUT2D eigenvalue weighted by atomic mass is 79.9. The van der Waals surface area contributed by atoms with Crippen LogP contribution in [0.15, 0.2) is 27.3 Å².